The number of hydrogen-bond acceptors (Lipinski definition) is 4. The molecule has 0 spiro atoms. The molecule has 17 heavy (non-hydrogen) atoms. The minimum Gasteiger partial charge on any atom is -0.481 e. The summed E-state index contributed by atoms with van der Waals surface area (Å²) in [6, 6.07) is 5.99. The summed E-state index contributed by atoms with van der Waals surface area (Å²) in [5.74, 6) is 0.635. The smallest absolute Gasteiger partial charge is 0.213 e. The second-order valence-electron chi connectivity index (χ2n) is 3.98. The fraction of sp³-hybridized carbons (Fsp3) is 0.385. The van der Waals surface area contributed by atoms with E-state index in [2.05, 4.69) is 16.0 Å². The van der Waals surface area contributed by atoms with Gasteiger partial charge in [-0.3, -0.25) is 0 Å². The summed E-state index contributed by atoms with van der Waals surface area (Å²) < 4.78 is 5.03. The minimum absolute atomic E-state index is 0.635. The standard InChI is InChI=1S/C13H15N3O/c1-17-13-3-2-12(10-15-13)16-8-5-11(4-7-14)6-9-16/h2-4,10H,5-6,8-9H2,1H3. The number of pyridine rings is 1. The summed E-state index contributed by atoms with van der Waals surface area (Å²) >= 11 is 0. The Kier molecular flexibility index (Phi) is 3.61. The van der Waals surface area contributed by atoms with Crippen molar-refractivity contribution in [1.82, 2.24) is 4.98 Å². The number of nitrogens with zero attached hydrogens (tertiary/aromatic N) is 3. The lowest BCUT2D eigenvalue weighted by Crippen LogP contribution is -2.30. The van der Waals surface area contributed by atoms with Gasteiger partial charge < -0.3 is 9.64 Å². The molecule has 0 radical (unpaired) electrons. The van der Waals surface area contributed by atoms with E-state index in [0.29, 0.717) is 5.88 Å². The van der Waals surface area contributed by atoms with Crippen molar-refractivity contribution >= 4 is 5.69 Å². The Labute approximate surface area is 101 Å². The number of piperidine rings is 1. The van der Waals surface area contributed by atoms with Gasteiger partial charge in [0.15, 0.2) is 0 Å². The van der Waals surface area contributed by atoms with Gasteiger partial charge in [-0.25, -0.2) is 4.98 Å². The number of hydrogen-bond donors (Lipinski definition) is 0. The highest BCUT2D eigenvalue weighted by atomic mass is 16.5. The third kappa shape index (κ3) is 2.76. The van der Waals surface area contributed by atoms with Crippen LogP contribution in [0.15, 0.2) is 30.0 Å². The molecule has 4 nitrogen and oxygen atoms in total. The van der Waals surface area contributed by atoms with Crippen LogP contribution in [0.4, 0.5) is 5.69 Å². The predicted octanol–water partition coefficient (Wildman–Crippen LogP) is 2.14. The van der Waals surface area contributed by atoms with Gasteiger partial charge in [-0.05, 0) is 18.9 Å². The SMILES string of the molecule is COc1ccc(N2CCC(=CC#N)CC2)cn1. The average Bonchev–Trinajstić information content (AvgIpc) is 2.40. The molecule has 88 valence electrons. The Hall–Kier alpha value is -2.02. The third-order valence-electron chi connectivity index (χ3n) is 2.97. The van der Waals surface area contributed by atoms with Gasteiger partial charge in [-0.1, -0.05) is 5.57 Å². The summed E-state index contributed by atoms with van der Waals surface area (Å²) in [4.78, 5) is 6.48. The normalized spacial score (nSPS) is 15.3. The largest absolute Gasteiger partial charge is 0.481 e. The summed E-state index contributed by atoms with van der Waals surface area (Å²) in [7, 11) is 1.61. The highest BCUT2D eigenvalue weighted by Gasteiger charge is 2.14. The van der Waals surface area contributed by atoms with E-state index in [1.807, 2.05) is 18.3 Å². The fourth-order valence-electron chi connectivity index (χ4n) is 1.97. The monoisotopic (exact) mass is 229 g/mol. The van der Waals surface area contributed by atoms with Crippen molar-refractivity contribution in [2.45, 2.75) is 12.8 Å². The van der Waals surface area contributed by atoms with E-state index in [4.69, 9.17) is 10.00 Å². The first-order valence-corrected chi connectivity index (χ1v) is 5.66. The highest BCUT2D eigenvalue weighted by molar-refractivity contribution is 5.46. The van der Waals surface area contributed by atoms with Crippen LogP contribution in [0.5, 0.6) is 5.88 Å². The second-order valence-corrected chi connectivity index (χ2v) is 3.98. The van der Waals surface area contributed by atoms with Gasteiger partial charge in [0.05, 0.1) is 25.1 Å². The molecular formula is C13H15N3O. The minimum atomic E-state index is 0.635. The molecule has 1 aliphatic heterocycles. The van der Waals surface area contributed by atoms with E-state index >= 15 is 0 Å². The number of methoxy groups -OCH3 is 1. The molecule has 2 heterocycles. The van der Waals surface area contributed by atoms with Crippen molar-refractivity contribution in [3.63, 3.8) is 0 Å². The number of rotatable bonds is 2. The van der Waals surface area contributed by atoms with Crippen LogP contribution < -0.4 is 9.64 Å². The Morgan fingerprint density at radius 3 is 2.71 bits per heavy atom. The van der Waals surface area contributed by atoms with E-state index in [1.165, 1.54) is 5.57 Å². The van der Waals surface area contributed by atoms with Crippen LogP contribution in [0.1, 0.15) is 12.8 Å². The Bertz CT molecular complexity index is 435. The van der Waals surface area contributed by atoms with Crippen molar-refractivity contribution in [3.05, 3.63) is 30.0 Å². The number of nitriles is 1. The average molecular weight is 229 g/mol. The molecular weight excluding hydrogens is 214 g/mol. The van der Waals surface area contributed by atoms with Gasteiger partial charge in [0.2, 0.25) is 5.88 Å². The lowest BCUT2D eigenvalue weighted by molar-refractivity contribution is 0.398. The molecule has 0 aliphatic carbocycles. The number of anilines is 1. The van der Waals surface area contributed by atoms with Gasteiger partial charge in [0, 0.05) is 25.2 Å². The molecule has 0 bridgehead atoms. The summed E-state index contributed by atoms with van der Waals surface area (Å²) in [5, 5.41) is 8.60. The lowest BCUT2D eigenvalue weighted by Gasteiger charge is -2.29. The Morgan fingerprint density at radius 2 is 2.18 bits per heavy atom. The lowest BCUT2D eigenvalue weighted by atomic mass is 10.0. The van der Waals surface area contributed by atoms with Crippen molar-refractivity contribution in [2.75, 3.05) is 25.1 Å². The first kappa shape index (κ1) is 11.5. The van der Waals surface area contributed by atoms with E-state index in [1.54, 1.807) is 13.2 Å². The van der Waals surface area contributed by atoms with Crippen LogP contribution in [-0.2, 0) is 0 Å². The van der Waals surface area contributed by atoms with E-state index < -0.39 is 0 Å². The maximum atomic E-state index is 8.60. The number of ether oxygens (including phenoxy) is 1. The first-order chi connectivity index (χ1) is 8.33. The van der Waals surface area contributed by atoms with E-state index in [0.717, 1.165) is 31.6 Å². The van der Waals surface area contributed by atoms with Crippen LogP contribution in [-0.4, -0.2) is 25.2 Å². The van der Waals surface area contributed by atoms with E-state index in [-0.39, 0.29) is 0 Å². The fourth-order valence-corrected chi connectivity index (χ4v) is 1.97. The van der Waals surface area contributed by atoms with Crippen molar-refractivity contribution < 1.29 is 4.74 Å². The maximum absolute atomic E-state index is 8.60. The number of allylic oxidation sites excluding steroid dienone is 1. The zero-order valence-electron chi connectivity index (χ0n) is 9.89. The summed E-state index contributed by atoms with van der Waals surface area (Å²) in [6.45, 7) is 1.89. The molecule has 0 aromatic carbocycles. The third-order valence-corrected chi connectivity index (χ3v) is 2.97. The quantitative estimate of drug-likeness (QED) is 0.729. The molecule has 1 aromatic heterocycles. The maximum Gasteiger partial charge on any atom is 0.213 e. The molecule has 0 N–H and O–H groups in total. The van der Waals surface area contributed by atoms with Crippen LogP contribution >= 0.6 is 0 Å². The van der Waals surface area contributed by atoms with Gasteiger partial charge in [0.1, 0.15) is 0 Å². The van der Waals surface area contributed by atoms with Gasteiger partial charge in [-0.2, -0.15) is 5.26 Å². The van der Waals surface area contributed by atoms with Gasteiger partial charge >= 0.3 is 0 Å². The highest BCUT2D eigenvalue weighted by Crippen LogP contribution is 2.23. The van der Waals surface area contributed by atoms with Crippen LogP contribution in [0.25, 0.3) is 0 Å². The zero-order valence-corrected chi connectivity index (χ0v) is 9.89. The van der Waals surface area contributed by atoms with Gasteiger partial charge in [-0.15, -0.1) is 0 Å². The van der Waals surface area contributed by atoms with Gasteiger partial charge in [0.25, 0.3) is 0 Å². The molecule has 0 atom stereocenters. The van der Waals surface area contributed by atoms with Crippen LogP contribution in [0.2, 0.25) is 0 Å². The molecule has 1 fully saturated rings. The molecule has 1 aliphatic rings. The number of aromatic nitrogens is 1. The molecule has 1 aromatic rings. The zero-order chi connectivity index (χ0) is 12.1. The first-order valence-electron chi connectivity index (χ1n) is 5.66. The predicted molar refractivity (Wildman–Crippen MR) is 65.9 cm³/mol. The topological polar surface area (TPSA) is 49.1 Å². The van der Waals surface area contributed by atoms with Crippen molar-refractivity contribution in [3.8, 4) is 11.9 Å². The van der Waals surface area contributed by atoms with Crippen LogP contribution in [0, 0.1) is 11.3 Å². The van der Waals surface area contributed by atoms with Crippen molar-refractivity contribution in [2.24, 2.45) is 0 Å². The second kappa shape index (κ2) is 5.35. The Balaban J connectivity index is 2.00. The molecule has 1 saturated heterocycles. The molecule has 4 heteroatoms. The molecule has 0 saturated carbocycles. The summed E-state index contributed by atoms with van der Waals surface area (Å²) in [6.07, 6.45) is 5.42. The summed E-state index contributed by atoms with van der Waals surface area (Å²) in [5.41, 5.74) is 2.35. The molecule has 2 rings (SSSR count). The van der Waals surface area contributed by atoms with E-state index in [9.17, 15) is 0 Å². The van der Waals surface area contributed by atoms with Crippen LogP contribution in [0.3, 0.4) is 0 Å². The molecule has 0 amide bonds. The molecule has 0 unspecified atom stereocenters. The van der Waals surface area contributed by atoms with Crippen molar-refractivity contribution in [1.29, 1.82) is 5.26 Å². The Morgan fingerprint density at radius 1 is 1.41 bits per heavy atom.